The Morgan fingerprint density at radius 3 is 2.29 bits per heavy atom. The number of ether oxygens (including phenoxy) is 3. The number of thiophene rings is 1. The van der Waals surface area contributed by atoms with E-state index in [0.717, 1.165) is 16.2 Å². The van der Waals surface area contributed by atoms with E-state index < -0.39 is 30.0 Å². The van der Waals surface area contributed by atoms with Gasteiger partial charge in [-0.3, -0.25) is 24.2 Å². The number of esters is 1. The number of morpholine rings is 1. The summed E-state index contributed by atoms with van der Waals surface area (Å²) in [5.41, 5.74) is 1.48. The van der Waals surface area contributed by atoms with Crippen LogP contribution in [0.5, 0.6) is 0 Å². The number of methoxy groups -OCH3 is 1. The average Bonchev–Trinajstić information content (AvgIpc) is 3.53. The van der Waals surface area contributed by atoms with Crippen molar-refractivity contribution in [1.82, 2.24) is 4.90 Å². The van der Waals surface area contributed by atoms with Crippen LogP contribution in [0, 0.1) is 0 Å². The van der Waals surface area contributed by atoms with Gasteiger partial charge in [-0.25, -0.2) is 9.59 Å². The molecule has 5 rings (SSSR count). The zero-order valence-corrected chi connectivity index (χ0v) is 23.4. The molecule has 11 nitrogen and oxygen atoms in total. The number of imide groups is 1. The Hall–Kier alpha value is -4.26. The van der Waals surface area contributed by atoms with Gasteiger partial charge in [-0.2, -0.15) is 0 Å². The molecular weight excluding hydrogens is 574 g/mol. The molecule has 0 aliphatic carbocycles. The van der Waals surface area contributed by atoms with Crippen LogP contribution >= 0.6 is 22.9 Å². The van der Waals surface area contributed by atoms with Crippen LogP contribution in [0.3, 0.4) is 0 Å². The van der Waals surface area contributed by atoms with E-state index in [2.05, 4.69) is 0 Å². The van der Waals surface area contributed by atoms with Crippen LogP contribution in [0.25, 0.3) is 0 Å². The van der Waals surface area contributed by atoms with Crippen molar-refractivity contribution in [1.29, 1.82) is 0 Å². The van der Waals surface area contributed by atoms with Crippen molar-refractivity contribution >= 4 is 64.1 Å². The molecule has 0 radical (unpaired) electrons. The van der Waals surface area contributed by atoms with Crippen LogP contribution in [0.2, 0.25) is 4.34 Å². The Balaban J connectivity index is 1.41. The predicted molar refractivity (Wildman–Crippen MR) is 150 cm³/mol. The number of carbonyl (C=O) groups is 5. The molecule has 2 aliphatic heterocycles. The van der Waals surface area contributed by atoms with Gasteiger partial charge < -0.3 is 19.1 Å². The van der Waals surface area contributed by atoms with E-state index in [1.54, 1.807) is 59.5 Å². The lowest BCUT2D eigenvalue weighted by Crippen LogP contribution is -2.46. The first-order valence-electron chi connectivity index (χ1n) is 12.5. The lowest BCUT2D eigenvalue weighted by atomic mass is 10.1. The first-order valence-corrected chi connectivity index (χ1v) is 13.7. The molecule has 41 heavy (non-hydrogen) atoms. The Kier molecular flexibility index (Phi) is 8.34. The molecule has 2 aromatic carbocycles. The topological polar surface area (TPSA) is 123 Å². The lowest BCUT2D eigenvalue weighted by molar-refractivity contribution is -0.125. The normalized spacial score (nSPS) is 15.5. The fourth-order valence-electron chi connectivity index (χ4n) is 4.58. The number of carbonyl (C=O) groups excluding carboxylic acids is 5. The van der Waals surface area contributed by atoms with Crippen molar-refractivity contribution < 1.29 is 38.2 Å². The zero-order valence-electron chi connectivity index (χ0n) is 21.8. The van der Waals surface area contributed by atoms with E-state index in [9.17, 15) is 24.0 Å². The maximum absolute atomic E-state index is 13.1. The van der Waals surface area contributed by atoms with Crippen molar-refractivity contribution in [2.24, 2.45) is 0 Å². The van der Waals surface area contributed by atoms with Crippen LogP contribution in [-0.2, 0) is 19.0 Å². The summed E-state index contributed by atoms with van der Waals surface area (Å²) in [6.07, 6.45) is -1.90. The summed E-state index contributed by atoms with van der Waals surface area (Å²) in [6.45, 7) is 0.216. The summed E-state index contributed by atoms with van der Waals surface area (Å²) in [4.78, 5) is 68.3. The summed E-state index contributed by atoms with van der Waals surface area (Å²) in [5.74, 6) is -1.98. The highest BCUT2D eigenvalue weighted by atomic mass is 35.5. The fraction of sp³-hybridized carbons (Fsp3) is 0.250. The summed E-state index contributed by atoms with van der Waals surface area (Å²) in [7, 11) is 1.20. The van der Waals surface area contributed by atoms with Crippen molar-refractivity contribution in [2.45, 2.75) is 6.10 Å². The van der Waals surface area contributed by atoms with Crippen LogP contribution in [0.4, 0.5) is 16.2 Å². The van der Waals surface area contributed by atoms with E-state index in [4.69, 9.17) is 25.8 Å². The summed E-state index contributed by atoms with van der Waals surface area (Å²) < 4.78 is 16.3. The summed E-state index contributed by atoms with van der Waals surface area (Å²) >= 11 is 6.99. The van der Waals surface area contributed by atoms with E-state index in [-0.39, 0.29) is 41.6 Å². The molecule has 1 atom stereocenters. The monoisotopic (exact) mass is 597 g/mol. The molecular formula is C28H24ClN3O8S. The molecule has 0 spiro atoms. The van der Waals surface area contributed by atoms with Gasteiger partial charge in [0, 0.05) is 17.9 Å². The van der Waals surface area contributed by atoms with Gasteiger partial charge in [-0.05, 0) is 48.5 Å². The zero-order chi connectivity index (χ0) is 29.1. The van der Waals surface area contributed by atoms with Gasteiger partial charge in [-0.1, -0.05) is 23.7 Å². The molecule has 0 N–H and O–H groups in total. The Morgan fingerprint density at radius 1 is 1.02 bits per heavy atom. The van der Waals surface area contributed by atoms with Gasteiger partial charge in [0.1, 0.15) is 17.6 Å². The highest BCUT2D eigenvalue weighted by Crippen LogP contribution is 2.27. The molecule has 3 heterocycles. The molecule has 13 heteroatoms. The second-order valence-electron chi connectivity index (χ2n) is 9.09. The molecule has 1 saturated heterocycles. The quantitative estimate of drug-likeness (QED) is 0.283. The predicted octanol–water partition coefficient (Wildman–Crippen LogP) is 3.86. The average molecular weight is 598 g/mol. The summed E-state index contributed by atoms with van der Waals surface area (Å²) in [6, 6.07) is 16.0. The molecule has 0 bridgehead atoms. The number of hydrogen-bond acceptors (Lipinski definition) is 9. The van der Waals surface area contributed by atoms with E-state index in [1.165, 1.54) is 18.1 Å². The van der Waals surface area contributed by atoms with Crippen molar-refractivity contribution in [3.63, 3.8) is 0 Å². The van der Waals surface area contributed by atoms with Crippen LogP contribution in [0.15, 0.2) is 60.7 Å². The third kappa shape index (κ3) is 5.94. The number of hydrogen-bond donors (Lipinski definition) is 0. The van der Waals surface area contributed by atoms with Gasteiger partial charge >= 0.3 is 12.1 Å². The Bertz CT molecular complexity index is 1470. The molecule has 1 aromatic heterocycles. The van der Waals surface area contributed by atoms with Crippen LogP contribution in [-0.4, -0.2) is 80.7 Å². The van der Waals surface area contributed by atoms with Gasteiger partial charge in [0.15, 0.2) is 0 Å². The third-order valence-corrected chi connectivity index (χ3v) is 7.76. The van der Waals surface area contributed by atoms with Crippen LogP contribution in [0.1, 0.15) is 30.4 Å². The number of anilines is 2. The molecule has 212 valence electrons. The number of fused-ring (bicyclic) bond motifs is 1. The summed E-state index contributed by atoms with van der Waals surface area (Å²) in [5, 5.41) is 0. The third-order valence-electron chi connectivity index (χ3n) is 6.55. The van der Waals surface area contributed by atoms with Gasteiger partial charge in [0.25, 0.3) is 17.7 Å². The maximum atomic E-state index is 13.1. The number of rotatable bonds is 8. The molecule has 0 saturated carbocycles. The first-order chi connectivity index (χ1) is 19.8. The first kappa shape index (κ1) is 28.3. The molecule has 4 amide bonds. The smallest absolute Gasteiger partial charge is 0.414 e. The number of halogens is 1. The molecule has 2 aliphatic rings. The minimum Gasteiger partial charge on any atom is -0.454 e. The van der Waals surface area contributed by atoms with Gasteiger partial charge in [0.2, 0.25) is 0 Å². The molecule has 1 fully saturated rings. The van der Waals surface area contributed by atoms with Gasteiger partial charge in [0.05, 0.1) is 42.3 Å². The SMILES string of the molecule is COC(=O)N(C[C@H](CN1C(=O)c2ccccc2C1=O)OC(=O)c1ccc(Cl)s1)c1ccc(N2CCOCC2=O)cc1. The lowest BCUT2D eigenvalue weighted by Gasteiger charge is -2.30. The minimum absolute atomic E-state index is 0.0175. The molecule has 0 unspecified atom stereocenters. The number of benzene rings is 2. The van der Waals surface area contributed by atoms with Crippen LogP contribution < -0.4 is 9.80 Å². The maximum Gasteiger partial charge on any atom is 0.414 e. The van der Waals surface area contributed by atoms with E-state index >= 15 is 0 Å². The van der Waals surface area contributed by atoms with E-state index in [1.807, 2.05) is 0 Å². The van der Waals surface area contributed by atoms with Gasteiger partial charge in [-0.15, -0.1) is 11.3 Å². The minimum atomic E-state index is -1.13. The van der Waals surface area contributed by atoms with E-state index in [0.29, 0.717) is 28.9 Å². The Labute approximate surface area is 243 Å². The molecule has 3 aromatic rings. The van der Waals surface area contributed by atoms with Crippen molar-refractivity contribution in [3.05, 3.63) is 81.0 Å². The van der Waals surface area contributed by atoms with Crippen molar-refractivity contribution in [2.75, 3.05) is 49.8 Å². The fourth-order valence-corrected chi connectivity index (χ4v) is 5.50. The highest BCUT2D eigenvalue weighted by molar-refractivity contribution is 7.17. The largest absolute Gasteiger partial charge is 0.454 e. The Morgan fingerprint density at radius 2 is 1.71 bits per heavy atom. The number of nitrogens with zero attached hydrogens (tertiary/aromatic N) is 3. The second-order valence-corrected chi connectivity index (χ2v) is 10.8. The highest BCUT2D eigenvalue weighted by Gasteiger charge is 2.38. The second kappa shape index (κ2) is 12.1. The standard InChI is InChI=1S/C28H24ClN3O8S/c1-38-28(37)31(18-8-6-17(7-9-18)30-12-13-39-16-24(30)33)14-19(40-27(36)22-10-11-23(29)41-22)15-32-25(34)20-4-2-3-5-21(20)26(32)35/h2-11,19H,12-16H2,1H3/t19-/m1/s1. The number of amides is 4. The van der Waals surface area contributed by atoms with Crippen molar-refractivity contribution in [3.8, 4) is 0 Å².